The van der Waals surface area contributed by atoms with Crippen LogP contribution in [0.15, 0.2) is 0 Å². The van der Waals surface area contributed by atoms with Crippen LogP contribution in [0, 0.1) is 5.41 Å². The highest BCUT2D eigenvalue weighted by Gasteiger charge is 2.36. The number of carbonyl (C=O) groups is 2. The molecule has 5 heteroatoms. The molecule has 0 aromatic carbocycles. The van der Waals surface area contributed by atoms with Gasteiger partial charge in [-0.05, 0) is 27.7 Å². The lowest BCUT2D eigenvalue weighted by atomic mass is 9.92. The molecule has 5 nitrogen and oxygen atoms in total. The number of hydrogen-bond donors (Lipinski definition) is 2. The molecule has 2 N–H and O–H groups in total. The van der Waals surface area contributed by atoms with Gasteiger partial charge in [-0.2, -0.15) is 0 Å². The number of amides is 1. The first-order valence-electron chi connectivity index (χ1n) is 4.94. The van der Waals surface area contributed by atoms with Crippen molar-refractivity contribution >= 4 is 11.9 Å². The van der Waals surface area contributed by atoms with E-state index in [1.165, 1.54) is 13.8 Å². The number of carbonyl (C=O) groups excluding carboxylic acids is 1. The number of carboxylic acid groups (broad SMARTS) is 1. The third kappa shape index (κ3) is 4.29. The molecule has 1 unspecified atom stereocenters. The van der Waals surface area contributed by atoms with E-state index in [0.29, 0.717) is 13.2 Å². The fraction of sp³-hybridized carbons (Fsp3) is 0.800. The third-order valence-electron chi connectivity index (χ3n) is 2.05. The SMILES string of the molecule is CCOCC(C)NC(=O)C(C)(C)C(=O)O. The van der Waals surface area contributed by atoms with E-state index in [0.717, 1.165) is 0 Å². The van der Waals surface area contributed by atoms with Crippen molar-refractivity contribution in [1.29, 1.82) is 0 Å². The fourth-order valence-corrected chi connectivity index (χ4v) is 0.838. The monoisotopic (exact) mass is 217 g/mol. The van der Waals surface area contributed by atoms with E-state index in [2.05, 4.69) is 5.32 Å². The second kappa shape index (κ2) is 5.70. The molecule has 0 aliphatic rings. The average Bonchev–Trinajstić information content (AvgIpc) is 2.14. The second-order valence-electron chi connectivity index (χ2n) is 3.96. The van der Waals surface area contributed by atoms with Crippen molar-refractivity contribution in [2.24, 2.45) is 5.41 Å². The molecule has 0 aliphatic heterocycles. The van der Waals surface area contributed by atoms with Crippen LogP contribution < -0.4 is 5.32 Å². The minimum absolute atomic E-state index is 0.184. The van der Waals surface area contributed by atoms with Crippen molar-refractivity contribution in [3.05, 3.63) is 0 Å². The molecule has 15 heavy (non-hydrogen) atoms. The molecular formula is C10H19NO4. The Hall–Kier alpha value is -1.10. The van der Waals surface area contributed by atoms with Gasteiger partial charge in [0, 0.05) is 12.6 Å². The molecule has 0 heterocycles. The topological polar surface area (TPSA) is 75.6 Å². The molecule has 1 amide bonds. The Morgan fingerprint density at radius 1 is 1.47 bits per heavy atom. The standard InChI is InChI=1S/C10H19NO4/c1-5-15-6-7(2)11-8(12)10(3,4)9(13)14/h7H,5-6H2,1-4H3,(H,11,12)(H,13,14). The Morgan fingerprint density at radius 2 is 2.00 bits per heavy atom. The number of rotatable bonds is 6. The first-order chi connectivity index (χ1) is 6.82. The van der Waals surface area contributed by atoms with Gasteiger partial charge in [0.05, 0.1) is 6.61 Å². The zero-order chi connectivity index (χ0) is 12.1. The van der Waals surface area contributed by atoms with E-state index < -0.39 is 17.3 Å². The number of aliphatic carboxylic acids is 1. The Morgan fingerprint density at radius 3 is 2.40 bits per heavy atom. The lowest BCUT2D eigenvalue weighted by Crippen LogP contribution is -2.47. The van der Waals surface area contributed by atoms with Crippen LogP contribution in [0.2, 0.25) is 0 Å². The van der Waals surface area contributed by atoms with Gasteiger partial charge in [-0.15, -0.1) is 0 Å². The van der Waals surface area contributed by atoms with Crippen LogP contribution in [0.5, 0.6) is 0 Å². The van der Waals surface area contributed by atoms with E-state index in [-0.39, 0.29) is 6.04 Å². The molecule has 0 saturated heterocycles. The molecule has 88 valence electrons. The molecule has 0 saturated carbocycles. The highest BCUT2D eigenvalue weighted by atomic mass is 16.5. The van der Waals surface area contributed by atoms with Crippen molar-refractivity contribution in [2.75, 3.05) is 13.2 Å². The van der Waals surface area contributed by atoms with Gasteiger partial charge in [-0.25, -0.2) is 0 Å². The van der Waals surface area contributed by atoms with Crippen LogP contribution in [-0.2, 0) is 14.3 Å². The summed E-state index contributed by atoms with van der Waals surface area (Å²) in [5.74, 6) is -1.63. The van der Waals surface area contributed by atoms with Gasteiger partial charge in [-0.1, -0.05) is 0 Å². The predicted octanol–water partition coefficient (Wildman–Crippen LogP) is 0.638. The number of carboxylic acids is 1. The van der Waals surface area contributed by atoms with Gasteiger partial charge in [0.25, 0.3) is 0 Å². The number of ether oxygens (including phenoxy) is 1. The minimum atomic E-state index is -1.40. The smallest absolute Gasteiger partial charge is 0.318 e. The first kappa shape index (κ1) is 13.9. The summed E-state index contributed by atoms with van der Waals surface area (Å²) in [5.41, 5.74) is -1.40. The highest BCUT2D eigenvalue weighted by molar-refractivity contribution is 6.01. The van der Waals surface area contributed by atoms with Crippen LogP contribution in [0.3, 0.4) is 0 Å². The molecule has 0 spiro atoms. The van der Waals surface area contributed by atoms with E-state index in [4.69, 9.17) is 9.84 Å². The Labute approximate surface area is 89.8 Å². The van der Waals surface area contributed by atoms with Crippen LogP contribution in [-0.4, -0.2) is 36.2 Å². The van der Waals surface area contributed by atoms with Gasteiger partial charge in [0.15, 0.2) is 0 Å². The summed E-state index contributed by atoms with van der Waals surface area (Å²) in [4.78, 5) is 22.3. The summed E-state index contributed by atoms with van der Waals surface area (Å²) in [5, 5.41) is 11.4. The highest BCUT2D eigenvalue weighted by Crippen LogP contribution is 2.15. The number of nitrogens with one attached hydrogen (secondary N) is 1. The molecule has 1 atom stereocenters. The lowest BCUT2D eigenvalue weighted by Gasteiger charge is -2.21. The quantitative estimate of drug-likeness (QED) is 0.640. The largest absolute Gasteiger partial charge is 0.480 e. The molecule has 0 radical (unpaired) electrons. The first-order valence-corrected chi connectivity index (χ1v) is 4.94. The van der Waals surface area contributed by atoms with E-state index in [1.54, 1.807) is 6.92 Å². The van der Waals surface area contributed by atoms with Gasteiger partial charge in [0.2, 0.25) is 5.91 Å². The van der Waals surface area contributed by atoms with Crippen molar-refractivity contribution in [2.45, 2.75) is 33.7 Å². The maximum Gasteiger partial charge on any atom is 0.318 e. The van der Waals surface area contributed by atoms with Crippen LogP contribution in [0.25, 0.3) is 0 Å². The molecule has 0 bridgehead atoms. The number of hydrogen-bond acceptors (Lipinski definition) is 3. The Kier molecular flexibility index (Phi) is 5.28. The maximum absolute atomic E-state index is 11.5. The molecule has 0 aromatic rings. The van der Waals surface area contributed by atoms with Crippen molar-refractivity contribution in [1.82, 2.24) is 5.32 Å². The second-order valence-corrected chi connectivity index (χ2v) is 3.96. The summed E-state index contributed by atoms with van der Waals surface area (Å²) in [6, 6.07) is -0.184. The van der Waals surface area contributed by atoms with Crippen molar-refractivity contribution < 1.29 is 19.4 Å². The van der Waals surface area contributed by atoms with Crippen LogP contribution >= 0.6 is 0 Å². The van der Waals surface area contributed by atoms with Gasteiger partial charge < -0.3 is 15.2 Å². The summed E-state index contributed by atoms with van der Waals surface area (Å²) in [6.07, 6.45) is 0. The van der Waals surface area contributed by atoms with Crippen molar-refractivity contribution in [3.63, 3.8) is 0 Å². The predicted molar refractivity (Wildman–Crippen MR) is 55.5 cm³/mol. The van der Waals surface area contributed by atoms with Gasteiger partial charge in [-0.3, -0.25) is 9.59 Å². The van der Waals surface area contributed by atoms with Crippen LogP contribution in [0.4, 0.5) is 0 Å². The van der Waals surface area contributed by atoms with Crippen molar-refractivity contribution in [3.8, 4) is 0 Å². The summed E-state index contributed by atoms with van der Waals surface area (Å²) in [6.45, 7) is 7.33. The third-order valence-corrected chi connectivity index (χ3v) is 2.05. The Balaban J connectivity index is 4.18. The van der Waals surface area contributed by atoms with Crippen LogP contribution in [0.1, 0.15) is 27.7 Å². The average molecular weight is 217 g/mol. The zero-order valence-corrected chi connectivity index (χ0v) is 9.66. The minimum Gasteiger partial charge on any atom is -0.480 e. The summed E-state index contributed by atoms with van der Waals surface area (Å²) >= 11 is 0. The molecule has 0 rings (SSSR count). The summed E-state index contributed by atoms with van der Waals surface area (Å²) in [7, 11) is 0. The molecule has 0 aromatic heterocycles. The molecule has 0 fully saturated rings. The van der Waals surface area contributed by atoms with E-state index >= 15 is 0 Å². The van der Waals surface area contributed by atoms with E-state index in [9.17, 15) is 9.59 Å². The normalized spacial score (nSPS) is 13.3. The Bertz CT molecular complexity index is 238. The van der Waals surface area contributed by atoms with E-state index in [1.807, 2.05) is 6.92 Å². The van der Waals surface area contributed by atoms with Gasteiger partial charge >= 0.3 is 5.97 Å². The fourth-order valence-electron chi connectivity index (χ4n) is 0.838. The lowest BCUT2D eigenvalue weighted by molar-refractivity contribution is -0.153. The zero-order valence-electron chi connectivity index (χ0n) is 9.66. The summed E-state index contributed by atoms with van der Waals surface area (Å²) < 4.78 is 5.11. The maximum atomic E-state index is 11.5. The molecule has 0 aliphatic carbocycles. The molecular weight excluding hydrogens is 198 g/mol. The van der Waals surface area contributed by atoms with Gasteiger partial charge in [0.1, 0.15) is 5.41 Å².